The van der Waals surface area contributed by atoms with E-state index in [1.165, 1.54) is 10.9 Å². The molecule has 0 radical (unpaired) electrons. The summed E-state index contributed by atoms with van der Waals surface area (Å²) in [6.07, 6.45) is 0.0482. The van der Waals surface area contributed by atoms with Gasteiger partial charge in [-0.05, 0) is 45.1 Å². The first-order valence-electron chi connectivity index (χ1n) is 7.88. The highest BCUT2D eigenvalue weighted by atomic mass is 16.5. The minimum atomic E-state index is 0.0482. The van der Waals surface area contributed by atoms with E-state index >= 15 is 0 Å². The quantitative estimate of drug-likeness (QED) is 0.663. The average Bonchev–Trinajstić information content (AvgIpc) is 2.55. The fourth-order valence-electron chi connectivity index (χ4n) is 2.28. The number of nitrogens with zero attached hydrogens (tertiary/aromatic N) is 1. The van der Waals surface area contributed by atoms with Crippen molar-refractivity contribution in [3.63, 3.8) is 0 Å². The molecule has 3 rings (SSSR count). The molecule has 0 aliphatic heterocycles. The predicted octanol–water partition coefficient (Wildman–Crippen LogP) is 5.16. The Morgan fingerprint density at radius 3 is 2.00 bits per heavy atom. The summed E-state index contributed by atoms with van der Waals surface area (Å²) in [7, 11) is 6.00. The van der Waals surface area contributed by atoms with Crippen molar-refractivity contribution < 1.29 is 4.74 Å². The Labute approximate surface area is 139 Å². The number of benzene rings is 3. The SMILES string of the molecule is CC(Oc1cccc2ccccc12)c1ccccc1.CN(C)C. The van der Waals surface area contributed by atoms with Crippen molar-refractivity contribution in [2.75, 3.05) is 21.1 Å². The summed E-state index contributed by atoms with van der Waals surface area (Å²) in [5.41, 5.74) is 1.19. The lowest BCUT2D eigenvalue weighted by atomic mass is 10.1. The molecule has 0 N–H and O–H groups in total. The Morgan fingerprint density at radius 2 is 1.30 bits per heavy atom. The van der Waals surface area contributed by atoms with Crippen molar-refractivity contribution in [1.29, 1.82) is 0 Å². The van der Waals surface area contributed by atoms with Gasteiger partial charge >= 0.3 is 0 Å². The number of rotatable bonds is 3. The topological polar surface area (TPSA) is 12.5 Å². The Bertz CT molecular complexity index is 714. The van der Waals surface area contributed by atoms with Crippen LogP contribution in [0.3, 0.4) is 0 Å². The standard InChI is InChI=1S/C18H16O.C3H9N/c1-14(15-8-3-2-4-9-15)19-18-13-7-11-16-10-5-6-12-17(16)18;1-4(2)3/h2-14H,1H3;1-3H3. The highest BCUT2D eigenvalue weighted by Gasteiger charge is 2.08. The van der Waals surface area contributed by atoms with Crippen molar-refractivity contribution in [3.8, 4) is 5.75 Å². The minimum absolute atomic E-state index is 0.0482. The number of ether oxygens (including phenoxy) is 1. The van der Waals surface area contributed by atoms with Crippen LogP contribution in [0.5, 0.6) is 5.75 Å². The van der Waals surface area contributed by atoms with Gasteiger partial charge in [-0.2, -0.15) is 0 Å². The summed E-state index contributed by atoms with van der Waals surface area (Å²) in [6, 6.07) is 24.8. The Morgan fingerprint density at radius 1 is 0.739 bits per heavy atom. The molecule has 2 nitrogen and oxygen atoms in total. The molecule has 0 aromatic heterocycles. The molecule has 1 atom stereocenters. The first-order chi connectivity index (χ1) is 11.1. The van der Waals surface area contributed by atoms with Crippen molar-refractivity contribution in [3.05, 3.63) is 78.4 Å². The molecule has 0 bridgehead atoms. The highest BCUT2D eigenvalue weighted by molar-refractivity contribution is 5.88. The molecule has 0 fully saturated rings. The zero-order valence-electron chi connectivity index (χ0n) is 14.4. The van der Waals surface area contributed by atoms with E-state index in [0.717, 1.165) is 11.1 Å². The van der Waals surface area contributed by atoms with E-state index in [1.54, 1.807) is 0 Å². The lowest BCUT2D eigenvalue weighted by Crippen LogP contribution is -2.03. The van der Waals surface area contributed by atoms with Crippen LogP contribution in [0, 0.1) is 0 Å². The van der Waals surface area contributed by atoms with Crippen LogP contribution >= 0.6 is 0 Å². The van der Waals surface area contributed by atoms with Crippen molar-refractivity contribution >= 4 is 10.8 Å². The van der Waals surface area contributed by atoms with Crippen LogP contribution in [0.2, 0.25) is 0 Å². The second-order valence-electron chi connectivity index (χ2n) is 5.99. The molecule has 0 amide bonds. The monoisotopic (exact) mass is 307 g/mol. The van der Waals surface area contributed by atoms with E-state index in [9.17, 15) is 0 Å². The van der Waals surface area contributed by atoms with Crippen molar-refractivity contribution in [2.24, 2.45) is 0 Å². The number of hydrogen-bond donors (Lipinski definition) is 0. The van der Waals surface area contributed by atoms with Crippen LogP contribution in [-0.2, 0) is 0 Å². The van der Waals surface area contributed by atoms with Gasteiger partial charge in [0.1, 0.15) is 11.9 Å². The summed E-state index contributed by atoms with van der Waals surface area (Å²) in [5.74, 6) is 0.939. The maximum absolute atomic E-state index is 6.11. The van der Waals surface area contributed by atoms with E-state index < -0.39 is 0 Å². The third kappa shape index (κ3) is 5.11. The zero-order chi connectivity index (χ0) is 16.7. The predicted molar refractivity (Wildman–Crippen MR) is 99.0 cm³/mol. The Hall–Kier alpha value is -2.32. The second kappa shape index (κ2) is 8.35. The van der Waals surface area contributed by atoms with Gasteiger partial charge in [0.05, 0.1) is 0 Å². The molecule has 0 aliphatic carbocycles. The smallest absolute Gasteiger partial charge is 0.128 e. The first-order valence-corrected chi connectivity index (χ1v) is 7.88. The molecule has 0 saturated heterocycles. The number of fused-ring (bicyclic) bond motifs is 1. The van der Waals surface area contributed by atoms with Gasteiger partial charge in [0.15, 0.2) is 0 Å². The van der Waals surface area contributed by atoms with Gasteiger partial charge in [-0.15, -0.1) is 0 Å². The average molecular weight is 307 g/mol. The van der Waals surface area contributed by atoms with Crippen LogP contribution in [0.4, 0.5) is 0 Å². The van der Waals surface area contributed by atoms with Gasteiger partial charge in [-0.25, -0.2) is 0 Å². The molecular weight excluding hydrogens is 282 g/mol. The van der Waals surface area contributed by atoms with Crippen LogP contribution in [-0.4, -0.2) is 26.0 Å². The molecule has 120 valence electrons. The third-order valence-corrected chi connectivity index (χ3v) is 3.32. The van der Waals surface area contributed by atoms with Crippen molar-refractivity contribution in [1.82, 2.24) is 4.90 Å². The molecule has 23 heavy (non-hydrogen) atoms. The van der Waals surface area contributed by atoms with E-state index in [-0.39, 0.29) is 6.10 Å². The highest BCUT2D eigenvalue weighted by Crippen LogP contribution is 2.29. The lowest BCUT2D eigenvalue weighted by molar-refractivity contribution is 0.230. The maximum atomic E-state index is 6.11. The van der Waals surface area contributed by atoms with Gasteiger partial charge in [-0.3, -0.25) is 0 Å². The summed E-state index contributed by atoms with van der Waals surface area (Å²) in [6.45, 7) is 2.08. The molecule has 3 aromatic carbocycles. The van der Waals surface area contributed by atoms with Gasteiger partial charge < -0.3 is 9.64 Å². The molecule has 1 unspecified atom stereocenters. The number of hydrogen-bond acceptors (Lipinski definition) is 2. The van der Waals surface area contributed by atoms with Gasteiger partial charge in [0, 0.05) is 5.39 Å². The van der Waals surface area contributed by atoms with E-state index in [0.29, 0.717) is 0 Å². The zero-order valence-corrected chi connectivity index (χ0v) is 14.4. The molecule has 0 heterocycles. The summed E-state index contributed by atoms with van der Waals surface area (Å²) >= 11 is 0. The molecule has 0 aliphatic rings. The summed E-state index contributed by atoms with van der Waals surface area (Å²) in [4.78, 5) is 2.00. The van der Waals surface area contributed by atoms with Gasteiger partial charge in [0.2, 0.25) is 0 Å². The van der Waals surface area contributed by atoms with Crippen LogP contribution < -0.4 is 4.74 Å². The lowest BCUT2D eigenvalue weighted by Gasteiger charge is -2.16. The van der Waals surface area contributed by atoms with E-state index in [4.69, 9.17) is 4.74 Å². The molecule has 0 spiro atoms. The van der Waals surface area contributed by atoms with Gasteiger partial charge in [-0.1, -0.05) is 66.7 Å². The molecular formula is C21H25NO. The second-order valence-corrected chi connectivity index (χ2v) is 5.99. The normalized spacial score (nSPS) is 11.7. The van der Waals surface area contributed by atoms with Crippen LogP contribution in [0.15, 0.2) is 72.8 Å². The summed E-state index contributed by atoms with van der Waals surface area (Å²) < 4.78 is 6.11. The Kier molecular flexibility index (Phi) is 6.19. The van der Waals surface area contributed by atoms with Crippen LogP contribution in [0.25, 0.3) is 10.8 Å². The van der Waals surface area contributed by atoms with Crippen LogP contribution in [0.1, 0.15) is 18.6 Å². The third-order valence-electron chi connectivity index (χ3n) is 3.32. The van der Waals surface area contributed by atoms with Gasteiger partial charge in [0.25, 0.3) is 0 Å². The molecule has 3 aromatic rings. The van der Waals surface area contributed by atoms with E-state index in [1.807, 2.05) is 68.5 Å². The fourth-order valence-corrected chi connectivity index (χ4v) is 2.28. The fraction of sp³-hybridized carbons (Fsp3) is 0.238. The first kappa shape index (κ1) is 17.0. The van der Waals surface area contributed by atoms with E-state index in [2.05, 4.69) is 37.3 Å². The Balaban J connectivity index is 0.000000433. The molecule has 2 heteroatoms. The summed E-state index contributed by atoms with van der Waals surface area (Å²) in [5, 5.41) is 2.37. The molecule has 0 saturated carbocycles. The maximum Gasteiger partial charge on any atom is 0.128 e. The largest absolute Gasteiger partial charge is 0.485 e. The minimum Gasteiger partial charge on any atom is -0.485 e. The van der Waals surface area contributed by atoms with Crippen molar-refractivity contribution in [2.45, 2.75) is 13.0 Å².